The third-order valence-corrected chi connectivity index (χ3v) is 5.04. The Bertz CT molecular complexity index is 852. The third-order valence-electron chi connectivity index (χ3n) is 3.18. The van der Waals surface area contributed by atoms with Crippen molar-refractivity contribution in [3.63, 3.8) is 0 Å². The van der Waals surface area contributed by atoms with E-state index in [9.17, 15) is 21.6 Å². The van der Waals surface area contributed by atoms with Gasteiger partial charge >= 0.3 is 6.18 Å². The molecule has 0 saturated heterocycles. The molecule has 2 aromatic rings. The van der Waals surface area contributed by atoms with Crippen LogP contribution < -0.4 is 9.62 Å². The first-order valence-corrected chi connectivity index (χ1v) is 8.54. The SMILES string of the molecule is CN(C)c1ccc(C(F)(F)F)cc1NS(=O)(=O)c1ccccc1Cl. The van der Waals surface area contributed by atoms with Gasteiger partial charge in [-0.15, -0.1) is 0 Å². The van der Waals surface area contributed by atoms with Crippen molar-refractivity contribution in [3.8, 4) is 0 Å². The van der Waals surface area contributed by atoms with Crippen molar-refractivity contribution in [2.24, 2.45) is 0 Å². The Balaban J connectivity index is 2.53. The minimum atomic E-state index is -4.59. The summed E-state index contributed by atoms with van der Waals surface area (Å²) in [4.78, 5) is 1.29. The number of rotatable bonds is 4. The quantitative estimate of drug-likeness (QED) is 0.866. The Kier molecular flexibility index (Phi) is 5.00. The highest BCUT2D eigenvalue weighted by atomic mass is 35.5. The molecular weight excluding hydrogens is 365 g/mol. The maximum atomic E-state index is 12.9. The van der Waals surface area contributed by atoms with Crippen molar-refractivity contribution in [1.82, 2.24) is 0 Å². The highest BCUT2D eigenvalue weighted by Gasteiger charge is 2.32. The molecule has 0 unspecified atom stereocenters. The van der Waals surface area contributed by atoms with Gasteiger partial charge in [0.25, 0.3) is 10.0 Å². The van der Waals surface area contributed by atoms with E-state index in [0.717, 1.165) is 12.1 Å². The van der Waals surface area contributed by atoms with Crippen LogP contribution in [0.1, 0.15) is 5.56 Å². The standard InChI is InChI=1S/C15H14ClF3N2O2S/c1-21(2)13-8-7-10(15(17,18)19)9-12(13)20-24(22,23)14-6-4-3-5-11(14)16/h3-9,20H,1-2H3. The molecule has 0 heterocycles. The molecule has 0 fully saturated rings. The predicted octanol–water partition coefficient (Wildman–Crippen LogP) is 4.23. The van der Waals surface area contributed by atoms with Crippen LogP contribution in [0.2, 0.25) is 5.02 Å². The number of hydrogen-bond donors (Lipinski definition) is 1. The number of nitrogens with zero attached hydrogens (tertiary/aromatic N) is 1. The second-order valence-electron chi connectivity index (χ2n) is 5.16. The van der Waals surface area contributed by atoms with E-state index >= 15 is 0 Å². The number of benzene rings is 2. The first kappa shape index (κ1) is 18.4. The van der Waals surface area contributed by atoms with Gasteiger partial charge in [0.1, 0.15) is 4.90 Å². The van der Waals surface area contributed by atoms with Crippen LogP contribution in [0.3, 0.4) is 0 Å². The molecule has 0 aliphatic carbocycles. The molecule has 0 aromatic heterocycles. The topological polar surface area (TPSA) is 49.4 Å². The lowest BCUT2D eigenvalue weighted by Gasteiger charge is -2.20. The highest BCUT2D eigenvalue weighted by molar-refractivity contribution is 7.92. The zero-order chi connectivity index (χ0) is 18.1. The van der Waals surface area contributed by atoms with E-state index in [1.807, 2.05) is 0 Å². The third kappa shape index (κ3) is 3.93. The van der Waals surface area contributed by atoms with Crippen molar-refractivity contribution >= 4 is 33.0 Å². The van der Waals surface area contributed by atoms with Crippen molar-refractivity contribution in [3.05, 3.63) is 53.1 Å². The van der Waals surface area contributed by atoms with Crippen molar-refractivity contribution in [2.45, 2.75) is 11.1 Å². The molecule has 0 aliphatic rings. The molecule has 24 heavy (non-hydrogen) atoms. The summed E-state index contributed by atoms with van der Waals surface area (Å²) in [5.41, 5.74) is -0.849. The summed E-state index contributed by atoms with van der Waals surface area (Å²) in [5.74, 6) is 0. The van der Waals surface area contributed by atoms with E-state index in [-0.39, 0.29) is 15.6 Å². The Morgan fingerprint density at radius 1 is 1.08 bits per heavy atom. The Morgan fingerprint density at radius 3 is 2.25 bits per heavy atom. The van der Waals surface area contributed by atoms with Gasteiger partial charge in [0, 0.05) is 14.1 Å². The van der Waals surface area contributed by atoms with Gasteiger partial charge in [-0.3, -0.25) is 4.72 Å². The maximum Gasteiger partial charge on any atom is 0.416 e. The van der Waals surface area contributed by atoms with Crippen LogP contribution in [0.5, 0.6) is 0 Å². The fraction of sp³-hybridized carbons (Fsp3) is 0.200. The molecule has 0 atom stereocenters. The largest absolute Gasteiger partial charge is 0.416 e. The Morgan fingerprint density at radius 2 is 1.71 bits per heavy atom. The summed E-state index contributed by atoms with van der Waals surface area (Å²) in [6, 6.07) is 8.53. The zero-order valence-electron chi connectivity index (χ0n) is 12.7. The van der Waals surface area contributed by atoms with Gasteiger partial charge in [-0.1, -0.05) is 23.7 Å². The average molecular weight is 379 g/mol. The summed E-state index contributed by atoms with van der Waals surface area (Å²) in [7, 11) is -0.952. The molecule has 130 valence electrons. The molecule has 0 radical (unpaired) electrons. The van der Waals surface area contributed by atoms with Crippen LogP contribution in [0.15, 0.2) is 47.4 Å². The van der Waals surface area contributed by atoms with Crippen molar-refractivity contribution in [2.75, 3.05) is 23.7 Å². The van der Waals surface area contributed by atoms with E-state index in [0.29, 0.717) is 5.69 Å². The minimum Gasteiger partial charge on any atom is -0.376 e. The maximum absolute atomic E-state index is 12.9. The number of alkyl halides is 3. The van der Waals surface area contributed by atoms with E-state index in [1.165, 1.54) is 29.2 Å². The number of nitrogens with one attached hydrogen (secondary N) is 1. The van der Waals surface area contributed by atoms with Crippen molar-refractivity contribution < 1.29 is 21.6 Å². The van der Waals surface area contributed by atoms with Crippen LogP contribution in [-0.4, -0.2) is 22.5 Å². The molecular formula is C15H14ClF3N2O2S. The van der Waals surface area contributed by atoms with Gasteiger partial charge in [0.15, 0.2) is 0 Å². The molecule has 2 aromatic carbocycles. The van der Waals surface area contributed by atoms with Gasteiger partial charge in [-0.2, -0.15) is 13.2 Å². The number of sulfonamides is 1. The normalized spacial score (nSPS) is 12.1. The monoisotopic (exact) mass is 378 g/mol. The van der Waals surface area contributed by atoms with E-state index in [2.05, 4.69) is 4.72 Å². The van der Waals surface area contributed by atoms with Gasteiger partial charge in [0.05, 0.1) is 22.0 Å². The van der Waals surface area contributed by atoms with E-state index < -0.39 is 21.8 Å². The highest BCUT2D eigenvalue weighted by Crippen LogP contribution is 2.36. The lowest BCUT2D eigenvalue weighted by Crippen LogP contribution is -2.18. The summed E-state index contributed by atoms with van der Waals surface area (Å²) in [6.07, 6.45) is -4.59. The van der Waals surface area contributed by atoms with Crippen LogP contribution in [0.25, 0.3) is 0 Å². The molecule has 2 rings (SSSR count). The van der Waals surface area contributed by atoms with Gasteiger partial charge in [0.2, 0.25) is 0 Å². The lowest BCUT2D eigenvalue weighted by molar-refractivity contribution is -0.137. The zero-order valence-corrected chi connectivity index (χ0v) is 14.3. The van der Waals surface area contributed by atoms with Gasteiger partial charge in [-0.25, -0.2) is 8.42 Å². The summed E-state index contributed by atoms with van der Waals surface area (Å²) in [6.45, 7) is 0. The minimum absolute atomic E-state index is 0.0246. The molecule has 0 amide bonds. The van der Waals surface area contributed by atoms with Crippen LogP contribution in [0.4, 0.5) is 24.5 Å². The second kappa shape index (κ2) is 6.52. The molecule has 0 spiro atoms. The summed E-state index contributed by atoms with van der Waals surface area (Å²) in [5, 5.41) is -0.0246. The van der Waals surface area contributed by atoms with Crippen LogP contribution >= 0.6 is 11.6 Å². The van der Waals surface area contributed by atoms with Crippen LogP contribution in [0, 0.1) is 0 Å². The second-order valence-corrected chi connectivity index (χ2v) is 7.22. The number of anilines is 2. The van der Waals surface area contributed by atoms with Gasteiger partial charge < -0.3 is 4.90 Å². The van der Waals surface area contributed by atoms with E-state index in [1.54, 1.807) is 20.2 Å². The van der Waals surface area contributed by atoms with Crippen LogP contribution in [-0.2, 0) is 16.2 Å². The first-order chi connectivity index (χ1) is 11.0. The average Bonchev–Trinajstić information content (AvgIpc) is 2.45. The number of hydrogen-bond acceptors (Lipinski definition) is 3. The predicted molar refractivity (Wildman–Crippen MR) is 88.0 cm³/mol. The van der Waals surface area contributed by atoms with Crippen molar-refractivity contribution in [1.29, 1.82) is 0 Å². The lowest BCUT2D eigenvalue weighted by atomic mass is 10.1. The van der Waals surface area contributed by atoms with Gasteiger partial charge in [-0.05, 0) is 30.3 Å². The first-order valence-electron chi connectivity index (χ1n) is 6.68. The molecule has 0 aliphatic heterocycles. The summed E-state index contributed by atoms with van der Waals surface area (Å²) < 4.78 is 65.8. The Labute approximate surface area is 142 Å². The fourth-order valence-electron chi connectivity index (χ4n) is 2.05. The Hall–Kier alpha value is -1.93. The fourth-order valence-corrected chi connectivity index (χ4v) is 3.63. The molecule has 0 saturated carbocycles. The van der Waals surface area contributed by atoms with E-state index in [4.69, 9.17) is 11.6 Å². The smallest absolute Gasteiger partial charge is 0.376 e. The molecule has 9 heteroatoms. The molecule has 0 bridgehead atoms. The number of halogens is 4. The molecule has 4 nitrogen and oxygen atoms in total. The molecule has 1 N–H and O–H groups in total. The summed E-state index contributed by atoms with van der Waals surface area (Å²) >= 11 is 5.87.